The van der Waals surface area contributed by atoms with E-state index in [1.807, 2.05) is 0 Å². The van der Waals surface area contributed by atoms with Crippen molar-refractivity contribution in [3.8, 4) is 0 Å². The van der Waals surface area contributed by atoms with Gasteiger partial charge in [0.1, 0.15) is 5.78 Å². The molecule has 0 aliphatic heterocycles. The highest BCUT2D eigenvalue weighted by atomic mass is 16.1. The summed E-state index contributed by atoms with van der Waals surface area (Å²) in [5.74, 6) is -0.315. The Bertz CT molecular complexity index is 228. The van der Waals surface area contributed by atoms with Gasteiger partial charge in [0, 0.05) is 6.42 Å². The van der Waals surface area contributed by atoms with Crippen LogP contribution in [0.4, 0.5) is 0 Å². The van der Waals surface area contributed by atoms with E-state index in [4.69, 9.17) is 0 Å². The fourth-order valence-electron chi connectivity index (χ4n) is 1.56. The van der Waals surface area contributed by atoms with Crippen LogP contribution in [0.2, 0.25) is 0 Å². The van der Waals surface area contributed by atoms with E-state index >= 15 is 0 Å². The lowest BCUT2D eigenvalue weighted by molar-refractivity contribution is -0.132. The van der Waals surface area contributed by atoms with E-state index in [2.05, 4.69) is 6.58 Å². The van der Waals surface area contributed by atoms with Crippen molar-refractivity contribution in [1.29, 1.82) is 0 Å². The van der Waals surface area contributed by atoms with Crippen LogP contribution in [0.15, 0.2) is 12.2 Å². The molecule has 1 aliphatic carbocycles. The zero-order chi connectivity index (χ0) is 9.14. The molecule has 0 amide bonds. The van der Waals surface area contributed by atoms with E-state index in [1.54, 1.807) is 6.92 Å². The number of carbonyl (C=O) groups excluding carboxylic acids is 2. The first-order valence-corrected chi connectivity index (χ1v) is 4.35. The predicted octanol–water partition coefficient (Wildman–Crippen LogP) is 1.89. The minimum absolute atomic E-state index is 0.0558. The average molecular weight is 166 g/mol. The molecule has 0 aromatic carbocycles. The van der Waals surface area contributed by atoms with Crippen LogP contribution in [0.5, 0.6) is 0 Å². The van der Waals surface area contributed by atoms with E-state index in [9.17, 15) is 9.59 Å². The Balaban J connectivity index is 2.66. The first kappa shape index (κ1) is 9.17. The Labute approximate surface area is 72.7 Å². The van der Waals surface area contributed by atoms with Gasteiger partial charge in [0.05, 0.1) is 5.92 Å². The number of hydrogen-bond donors (Lipinski definition) is 0. The molecule has 0 N–H and O–H groups in total. The van der Waals surface area contributed by atoms with Crippen molar-refractivity contribution in [2.45, 2.75) is 32.6 Å². The van der Waals surface area contributed by atoms with Crippen LogP contribution in [0.1, 0.15) is 32.6 Å². The van der Waals surface area contributed by atoms with E-state index in [-0.39, 0.29) is 17.5 Å². The molecule has 0 bridgehead atoms. The Morgan fingerprint density at radius 3 is 2.67 bits per heavy atom. The molecule has 2 heteroatoms. The first-order chi connectivity index (χ1) is 5.63. The molecule has 66 valence electrons. The van der Waals surface area contributed by atoms with Crippen LogP contribution in [0, 0.1) is 5.92 Å². The quantitative estimate of drug-likeness (QED) is 0.463. The van der Waals surface area contributed by atoms with E-state index in [1.165, 1.54) is 0 Å². The van der Waals surface area contributed by atoms with E-state index < -0.39 is 0 Å². The van der Waals surface area contributed by atoms with Crippen molar-refractivity contribution < 1.29 is 9.59 Å². The van der Waals surface area contributed by atoms with Gasteiger partial charge < -0.3 is 0 Å². The van der Waals surface area contributed by atoms with Gasteiger partial charge >= 0.3 is 0 Å². The Hall–Kier alpha value is -0.920. The second kappa shape index (κ2) is 3.65. The molecule has 0 aromatic heterocycles. The molecule has 0 aromatic rings. The van der Waals surface area contributed by atoms with Crippen molar-refractivity contribution in [2.75, 3.05) is 0 Å². The Kier molecular flexibility index (Phi) is 2.79. The maximum atomic E-state index is 11.4. The largest absolute Gasteiger partial charge is 0.299 e. The van der Waals surface area contributed by atoms with Gasteiger partial charge in [0.2, 0.25) is 0 Å². The number of ketones is 2. The minimum atomic E-state index is -0.365. The van der Waals surface area contributed by atoms with Crippen LogP contribution in [-0.4, -0.2) is 11.6 Å². The monoisotopic (exact) mass is 166 g/mol. The van der Waals surface area contributed by atoms with Crippen molar-refractivity contribution >= 4 is 11.6 Å². The maximum Gasteiger partial charge on any atom is 0.168 e. The molecule has 1 fully saturated rings. The second-order valence-electron chi connectivity index (χ2n) is 3.41. The van der Waals surface area contributed by atoms with Crippen LogP contribution < -0.4 is 0 Å². The van der Waals surface area contributed by atoms with Crippen molar-refractivity contribution in [1.82, 2.24) is 0 Å². The number of Topliss-reactive ketones (excluding diaryl/α,β-unsaturated/α-hetero) is 2. The molecule has 0 radical (unpaired) electrons. The summed E-state index contributed by atoms with van der Waals surface area (Å²) in [5, 5.41) is 0. The van der Waals surface area contributed by atoms with Crippen molar-refractivity contribution in [3.63, 3.8) is 0 Å². The summed E-state index contributed by atoms with van der Waals surface area (Å²) in [5.41, 5.74) is 0.509. The van der Waals surface area contributed by atoms with Crippen LogP contribution in [0.25, 0.3) is 0 Å². The summed E-state index contributed by atoms with van der Waals surface area (Å²) in [6, 6.07) is 0. The molecule has 0 saturated heterocycles. The lowest BCUT2D eigenvalue weighted by Gasteiger charge is -2.18. The summed E-state index contributed by atoms with van der Waals surface area (Å²) in [7, 11) is 0. The highest BCUT2D eigenvalue weighted by Crippen LogP contribution is 2.23. The molecule has 1 unspecified atom stereocenters. The lowest BCUT2D eigenvalue weighted by Crippen LogP contribution is -2.27. The smallest absolute Gasteiger partial charge is 0.168 e. The van der Waals surface area contributed by atoms with Gasteiger partial charge in [-0.05, 0) is 25.3 Å². The average Bonchev–Trinajstić information content (AvgIpc) is 2.04. The summed E-state index contributed by atoms with van der Waals surface area (Å²) in [6.07, 6.45) is 3.24. The van der Waals surface area contributed by atoms with Crippen LogP contribution in [0.3, 0.4) is 0 Å². The molecular formula is C10H14O2. The van der Waals surface area contributed by atoms with E-state index in [0.717, 1.165) is 19.3 Å². The molecule has 1 atom stereocenters. The van der Waals surface area contributed by atoms with Crippen molar-refractivity contribution in [3.05, 3.63) is 12.2 Å². The topological polar surface area (TPSA) is 34.1 Å². The van der Waals surface area contributed by atoms with Gasteiger partial charge in [-0.25, -0.2) is 0 Å². The Morgan fingerprint density at radius 1 is 1.50 bits per heavy atom. The number of carbonyl (C=O) groups is 2. The van der Waals surface area contributed by atoms with Gasteiger partial charge in [0.25, 0.3) is 0 Å². The molecule has 2 nitrogen and oxygen atoms in total. The number of rotatable bonds is 2. The molecular weight excluding hydrogens is 152 g/mol. The second-order valence-corrected chi connectivity index (χ2v) is 3.41. The molecule has 1 saturated carbocycles. The lowest BCUT2D eigenvalue weighted by atomic mass is 9.83. The zero-order valence-corrected chi connectivity index (χ0v) is 7.43. The van der Waals surface area contributed by atoms with Crippen LogP contribution in [-0.2, 0) is 9.59 Å². The third-order valence-corrected chi connectivity index (χ3v) is 2.29. The van der Waals surface area contributed by atoms with Gasteiger partial charge in [-0.2, -0.15) is 0 Å². The summed E-state index contributed by atoms with van der Waals surface area (Å²) in [4.78, 5) is 22.7. The Morgan fingerprint density at radius 2 is 2.17 bits per heavy atom. The fourth-order valence-corrected chi connectivity index (χ4v) is 1.56. The molecule has 0 spiro atoms. The highest BCUT2D eigenvalue weighted by Gasteiger charge is 2.28. The third-order valence-electron chi connectivity index (χ3n) is 2.29. The molecule has 1 aliphatic rings. The van der Waals surface area contributed by atoms with Gasteiger partial charge in [-0.15, -0.1) is 0 Å². The standard InChI is InChI=1S/C10H14O2/c1-7(2)10(12)8-5-3-4-6-9(8)11/h8H,1,3-6H2,2H3. The van der Waals surface area contributed by atoms with Crippen LogP contribution >= 0.6 is 0 Å². The zero-order valence-electron chi connectivity index (χ0n) is 7.43. The number of allylic oxidation sites excluding steroid dienone is 1. The summed E-state index contributed by atoms with van der Waals surface area (Å²) < 4.78 is 0. The molecule has 0 heterocycles. The normalized spacial score (nSPS) is 23.8. The molecule has 1 rings (SSSR count). The first-order valence-electron chi connectivity index (χ1n) is 4.35. The summed E-state index contributed by atoms with van der Waals surface area (Å²) >= 11 is 0. The number of hydrogen-bond acceptors (Lipinski definition) is 2. The van der Waals surface area contributed by atoms with Gasteiger partial charge in [-0.1, -0.05) is 13.0 Å². The fraction of sp³-hybridized carbons (Fsp3) is 0.600. The minimum Gasteiger partial charge on any atom is -0.299 e. The van der Waals surface area contributed by atoms with E-state index in [0.29, 0.717) is 12.0 Å². The third kappa shape index (κ3) is 1.81. The highest BCUT2D eigenvalue weighted by molar-refractivity contribution is 6.09. The van der Waals surface area contributed by atoms with Crippen molar-refractivity contribution in [2.24, 2.45) is 5.92 Å². The molecule has 12 heavy (non-hydrogen) atoms. The van der Waals surface area contributed by atoms with Gasteiger partial charge in [0.15, 0.2) is 5.78 Å². The predicted molar refractivity (Wildman–Crippen MR) is 46.8 cm³/mol. The maximum absolute atomic E-state index is 11.4. The SMILES string of the molecule is C=C(C)C(=O)C1CCCCC1=O. The van der Waals surface area contributed by atoms with Gasteiger partial charge in [-0.3, -0.25) is 9.59 Å². The summed E-state index contributed by atoms with van der Waals surface area (Å²) in [6.45, 7) is 5.23.